The number of aromatic nitrogens is 2. The van der Waals surface area contributed by atoms with Gasteiger partial charge in [0.25, 0.3) is 0 Å². The van der Waals surface area contributed by atoms with E-state index < -0.39 is 0 Å². The highest BCUT2D eigenvalue weighted by atomic mass is 35.5. The van der Waals surface area contributed by atoms with Crippen molar-refractivity contribution in [2.24, 2.45) is 12.8 Å². The second-order valence-electron chi connectivity index (χ2n) is 5.77. The van der Waals surface area contributed by atoms with Gasteiger partial charge >= 0.3 is 0 Å². The molecule has 1 amide bonds. The molecule has 0 spiro atoms. The lowest BCUT2D eigenvalue weighted by atomic mass is 9.93. The van der Waals surface area contributed by atoms with Gasteiger partial charge in [0.1, 0.15) is 5.15 Å². The van der Waals surface area contributed by atoms with Crippen LogP contribution in [-0.4, -0.2) is 26.6 Å². The van der Waals surface area contributed by atoms with Crippen molar-refractivity contribution in [3.05, 3.63) is 51.8 Å². The first-order chi connectivity index (χ1) is 10.5. The quantitative estimate of drug-likeness (QED) is 0.938. The van der Waals surface area contributed by atoms with Crippen molar-refractivity contribution in [1.82, 2.24) is 14.7 Å². The molecule has 0 saturated heterocycles. The van der Waals surface area contributed by atoms with Crippen LogP contribution in [0.15, 0.2) is 24.3 Å². The number of primary amides is 1. The summed E-state index contributed by atoms with van der Waals surface area (Å²) in [6.07, 6.45) is 0.641. The molecule has 1 aliphatic heterocycles. The predicted octanol–water partition coefficient (Wildman–Crippen LogP) is 1.79. The van der Waals surface area contributed by atoms with Crippen LogP contribution < -0.4 is 5.73 Å². The van der Waals surface area contributed by atoms with E-state index in [1.807, 2.05) is 26.1 Å². The Morgan fingerprint density at radius 3 is 2.68 bits per heavy atom. The number of rotatable bonds is 3. The number of hydrogen-bond donors (Lipinski definition) is 1. The summed E-state index contributed by atoms with van der Waals surface area (Å²) >= 11 is 6.32. The predicted molar refractivity (Wildman–Crippen MR) is 85.3 cm³/mol. The van der Waals surface area contributed by atoms with Gasteiger partial charge in [-0.15, -0.1) is 0 Å². The first-order valence-corrected chi connectivity index (χ1v) is 7.63. The number of amides is 1. The fraction of sp³-hybridized carbons (Fsp3) is 0.375. The third kappa shape index (κ3) is 2.62. The highest BCUT2D eigenvalue weighted by Crippen LogP contribution is 2.28. The van der Waals surface area contributed by atoms with Crippen LogP contribution >= 0.6 is 11.6 Å². The lowest BCUT2D eigenvalue weighted by molar-refractivity contribution is -0.124. The third-order valence-electron chi connectivity index (χ3n) is 4.31. The molecule has 0 saturated carbocycles. The molecule has 116 valence electrons. The molecule has 1 aromatic carbocycles. The summed E-state index contributed by atoms with van der Waals surface area (Å²) in [4.78, 5) is 14.0. The summed E-state index contributed by atoms with van der Waals surface area (Å²) in [5.41, 5.74) is 9.88. The normalized spacial score (nSPS) is 18.2. The number of nitrogens with two attached hydrogens (primary N) is 1. The van der Waals surface area contributed by atoms with E-state index in [1.165, 1.54) is 11.1 Å². The molecule has 22 heavy (non-hydrogen) atoms. The Balaban J connectivity index is 1.93. The van der Waals surface area contributed by atoms with E-state index in [1.54, 1.807) is 4.68 Å². The van der Waals surface area contributed by atoms with E-state index in [9.17, 15) is 4.79 Å². The van der Waals surface area contributed by atoms with Crippen LogP contribution in [0.2, 0.25) is 5.15 Å². The van der Waals surface area contributed by atoms with Crippen molar-refractivity contribution in [1.29, 1.82) is 0 Å². The fourth-order valence-electron chi connectivity index (χ4n) is 3.08. The van der Waals surface area contributed by atoms with Gasteiger partial charge in [0.2, 0.25) is 5.91 Å². The van der Waals surface area contributed by atoms with E-state index in [4.69, 9.17) is 17.3 Å². The minimum Gasteiger partial charge on any atom is -0.368 e. The topological polar surface area (TPSA) is 64.2 Å². The van der Waals surface area contributed by atoms with Crippen LogP contribution in [0, 0.1) is 6.92 Å². The number of fused-ring (bicyclic) bond motifs is 1. The van der Waals surface area contributed by atoms with Crippen molar-refractivity contribution in [2.45, 2.75) is 32.5 Å². The number of carbonyl (C=O) groups excluding carboxylic acids is 1. The molecule has 2 heterocycles. The van der Waals surface area contributed by atoms with E-state index in [2.05, 4.69) is 22.1 Å². The fourth-order valence-corrected chi connectivity index (χ4v) is 3.31. The summed E-state index contributed by atoms with van der Waals surface area (Å²) in [5.74, 6) is -0.299. The Hall–Kier alpha value is -1.85. The van der Waals surface area contributed by atoms with Crippen molar-refractivity contribution >= 4 is 17.5 Å². The van der Waals surface area contributed by atoms with Crippen LogP contribution in [0.25, 0.3) is 0 Å². The van der Waals surface area contributed by atoms with Gasteiger partial charge in [-0.25, -0.2) is 0 Å². The average molecular weight is 319 g/mol. The maximum Gasteiger partial charge on any atom is 0.235 e. The molecule has 2 aromatic rings. The SMILES string of the molecule is Cc1nn(C)c(Cl)c1CN1Cc2ccccc2C[C@@H]1C(N)=O. The van der Waals surface area contributed by atoms with Gasteiger partial charge in [0.15, 0.2) is 0 Å². The summed E-state index contributed by atoms with van der Waals surface area (Å²) < 4.78 is 1.66. The Morgan fingerprint density at radius 1 is 1.41 bits per heavy atom. The molecule has 5 nitrogen and oxygen atoms in total. The lowest BCUT2D eigenvalue weighted by Gasteiger charge is -2.35. The van der Waals surface area contributed by atoms with Gasteiger partial charge in [-0.3, -0.25) is 14.4 Å². The smallest absolute Gasteiger partial charge is 0.235 e. The molecule has 2 N–H and O–H groups in total. The van der Waals surface area contributed by atoms with Gasteiger partial charge in [-0.1, -0.05) is 35.9 Å². The molecule has 0 unspecified atom stereocenters. The van der Waals surface area contributed by atoms with Crippen LogP contribution in [0.3, 0.4) is 0 Å². The van der Waals surface area contributed by atoms with Gasteiger partial charge in [0, 0.05) is 25.7 Å². The maximum absolute atomic E-state index is 11.9. The number of nitrogens with zero attached hydrogens (tertiary/aromatic N) is 3. The first-order valence-electron chi connectivity index (χ1n) is 7.25. The monoisotopic (exact) mass is 318 g/mol. The number of aryl methyl sites for hydroxylation is 2. The Kier molecular flexibility index (Phi) is 3.93. The maximum atomic E-state index is 11.9. The number of carbonyl (C=O) groups is 1. The van der Waals surface area contributed by atoms with Crippen LogP contribution in [0.1, 0.15) is 22.4 Å². The van der Waals surface area contributed by atoms with E-state index in [0.29, 0.717) is 24.7 Å². The molecule has 1 atom stereocenters. The van der Waals surface area contributed by atoms with Crippen molar-refractivity contribution in [3.63, 3.8) is 0 Å². The van der Waals surface area contributed by atoms with Crippen molar-refractivity contribution < 1.29 is 4.79 Å². The zero-order valence-electron chi connectivity index (χ0n) is 12.7. The van der Waals surface area contributed by atoms with Crippen molar-refractivity contribution in [2.75, 3.05) is 0 Å². The van der Waals surface area contributed by atoms with Gasteiger partial charge in [0.05, 0.1) is 11.7 Å². The molecule has 0 radical (unpaired) electrons. The Bertz CT molecular complexity index is 725. The lowest BCUT2D eigenvalue weighted by Crippen LogP contribution is -2.48. The zero-order valence-corrected chi connectivity index (χ0v) is 13.5. The summed E-state index contributed by atoms with van der Waals surface area (Å²) in [6.45, 7) is 3.19. The molecule has 1 aliphatic rings. The van der Waals surface area contributed by atoms with Gasteiger partial charge in [-0.2, -0.15) is 5.10 Å². The summed E-state index contributed by atoms with van der Waals surface area (Å²) in [5, 5.41) is 4.94. The Morgan fingerprint density at radius 2 is 2.09 bits per heavy atom. The number of halogens is 1. The van der Waals surface area contributed by atoms with E-state index in [-0.39, 0.29) is 11.9 Å². The molecule has 0 fully saturated rings. The molecular formula is C16H19ClN4O. The number of hydrogen-bond acceptors (Lipinski definition) is 3. The minimum absolute atomic E-state index is 0.299. The molecule has 0 aliphatic carbocycles. The van der Waals surface area contributed by atoms with Crippen LogP contribution in [0.5, 0.6) is 0 Å². The first kappa shape index (κ1) is 15.1. The average Bonchev–Trinajstić information content (AvgIpc) is 2.73. The van der Waals surface area contributed by atoms with Gasteiger partial charge < -0.3 is 5.73 Å². The second kappa shape index (κ2) is 5.74. The highest BCUT2D eigenvalue weighted by Gasteiger charge is 2.31. The summed E-state index contributed by atoms with van der Waals surface area (Å²) in [6, 6.07) is 7.85. The number of benzene rings is 1. The van der Waals surface area contributed by atoms with E-state index in [0.717, 1.165) is 11.3 Å². The van der Waals surface area contributed by atoms with Crippen molar-refractivity contribution in [3.8, 4) is 0 Å². The standard InChI is InChI=1S/C16H19ClN4O/c1-10-13(15(17)20(2)19-10)9-21-8-12-6-4-3-5-11(12)7-14(21)16(18)22/h3-6,14H,7-9H2,1-2H3,(H2,18,22)/t14-/m1/s1. The molecule has 3 rings (SSSR count). The van der Waals surface area contributed by atoms with Crippen LogP contribution in [0.4, 0.5) is 0 Å². The second-order valence-corrected chi connectivity index (χ2v) is 6.13. The largest absolute Gasteiger partial charge is 0.368 e. The molecular weight excluding hydrogens is 300 g/mol. The Labute approximate surface area is 134 Å². The van der Waals surface area contributed by atoms with Gasteiger partial charge in [-0.05, 0) is 24.5 Å². The molecule has 0 bridgehead atoms. The molecule has 1 aromatic heterocycles. The highest BCUT2D eigenvalue weighted by molar-refractivity contribution is 6.30. The zero-order chi connectivity index (χ0) is 15.9. The summed E-state index contributed by atoms with van der Waals surface area (Å²) in [7, 11) is 1.82. The van der Waals surface area contributed by atoms with E-state index >= 15 is 0 Å². The van der Waals surface area contributed by atoms with Crippen LogP contribution in [-0.2, 0) is 31.4 Å². The minimum atomic E-state index is -0.314. The molecule has 6 heteroatoms. The third-order valence-corrected chi connectivity index (χ3v) is 4.78.